The molecule has 0 heterocycles. The normalized spacial score (nSPS) is 15.8. The Bertz CT molecular complexity index is 463. The highest BCUT2D eigenvalue weighted by molar-refractivity contribution is 4.93. The molecule has 0 aliphatic rings. The summed E-state index contributed by atoms with van der Waals surface area (Å²) in [5, 5.41) is 0. The van der Waals surface area contributed by atoms with Crippen molar-refractivity contribution in [1.29, 1.82) is 0 Å². The van der Waals surface area contributed by atoms with E-state index in [4.69, 9.17) is 0 Å². The SMILES string of the molecule is C=CCC(F)(OC(F)(F)C(F)(F)CN)C(F)(F)OC(F)=C(F)F. The van der Waals surface area contributed by atoms with Gasteiger partial charge in [-0.2, -0.15) is 39.5 Å². The monoisotopic (exact) mass is 365 g/mol. The van der Waals surface area contributed by atoms with Crippen molar-refractivity contribution in [1.82, 2.24) is 0 Å². The van der Waals surface area contributed by atoms with Crippen LogP contribution in [-0.4, -0.2) is 30.5 Å². The van der Waals surface area contributed by atoms with Gasteiger partial charge < -0.3 is 10.5 Å². The van der Waals surface area contributed by atoms with E-state index in [9.17, 15) is 43.9 Å². The van der Waals surface area contributed by atoms with Crippen molar-refractivity contribution in [2.45, 2.75) is 30.4 Å². The number of rotatable bonds is 9. The molecule has 0 saturated heterocycles. The van der Waals surface area contributed by atoms with Gasteiger partial charge in [-0.05, 0) is 0 Å². The Morgan fingerprint density at radius 2 is 1.43 bits per heavy atom. The van der Waals surface area contributed by atoms with Gasteiger partial charge in [0.2, 0.25) is 0 Å². The average Bonchev–Trinajstić information content (AvgIpc) is 2.37. The lowest BCUT2D eigenvalue weighted by molar-refractivity contribution is -0.463. The number of ether oxygens (including phenoxy) is 2. The summed E-state index contributed by atoms with van der Waals surface area (Å²) in [5.41, 5.74) is 4.28. The largest absolute Gasteiger partial charge is 0.461 e. The van der Waals surface area contributed by atoms with E-state index in [-0.39, 0.29) is 6.08 Å². The first-order valence-electron chi connectivity index (χ1n) is 5.39. The Morgan fingerprint density at radius 1 is 0.957 bits per heavy atom. The molecule has 0 aromatic heterocycles. The van der Waals surface area contributed by atoms with E-state index >= 15 is 0 Å². The Kier molecular flexibility index (Phi) is 6.49. The van der Waals surface area contributed by atoms with E-state index in [1.165, 1.54) is 0 Å². The minimum absolute atomic E-state index is 0.154. The van der Waals surface area contributed by atoms with Gasteiger partial charge in [-0.1, -0.05) is 6.08 Å². The maximum absolute atomic E-state index is 13.9. The van der Waals surface area contributed by atoms with Crippen LogP contribution in [-0.2, 0) is 9.47 Å². The maximum atomic E-state index is 13.9. The predicted octanol–water partition coefficient (Wildman–Crippen LogP) is 4.08. The quantitative estimate of drug-likeness (QED) is 0.381. The van der Waals surface area contributed by atoms with Crippen LogP contribution < -0.4 is 5.73 Å². The van der Waals surface area contributed by atoms with Crippen LogP contribution in [0.5, 0.6) is 0 Å². The van der Waals surface area contributed by atoms with Crippen LogP contribution in [0.3, 0.4) is 0 Å². The Morgan fingerprint density at radius 3 is 1.78 bits per heavy atom. The van der Waals surface area contributed by atoms with Gasteiger partial charge in [-0.15, -0.1) is 6.58 Å². The summed E-state index contributed by atoms with van der Waals surface area (Å²) in [6.07, 6.45) is -17.0. The maximum Gasteiger partial charge on any atom is 0.461 e. The standard InChI is InChI=1S/C10H9F10NO2/c1-2-3-8(16,10(19,20)22-6(13)5(11)12)23-9(17,18)7(14,15)4-21/h2H,1,3-4,21H2. The van der Waals surface area contributed by atoms with Gasteiger partial charge in [-0.3, -0.25) is 4.74 Å². The third-order valence-electron chi connectivity index (χ3n) is 2.18. The van der Waals surface area contributed by atoms with Gasteiger partial charge >= 0.3 is 36.1 Å². The van der Waals surface area contributed by atoms with Gasteiger partial charge in [0.05, 0.1) is 6.54 Å². The first kappa shape index (κ1) is 21.5. The molecule has 3 nitrogen and oxygen atoms in total. The molecule has 23 heavy (non-hydrogen) atoms. The van der Waals surface area contributed by atoms with Crippen LogP contribution in [0.1, 0.15) is 6.42 Å². The van der Waals surface area contributed by atoms with Gasteiger partial charge in [0.15, 0.2) is 0 Å². The molecule has 0 radical (unpaired) electrons. The fraction of sp³-hybridized carbons (Fsp3) is 0.600. The second kappa shape index (κ2) is 6.95. The van der Waals surface area contributed by atoms with E-state index in [1.54, 1.807) is 0 Å². The molecule has 2 N–H and O–H groups in total. The lowest BCUT2D eigenvalue weighted by Gasteiger charge is -2.35. The molecule has 0 aromatic carbocycles. The molecule has 1 unspecified atom stereocenters. The lowest BCUT2D eigenvalue weighted by Crippen LogP contribution is -2.57. The summed E-state index contributed by atoms with van der Waals surface area (Å²) in [6.45, 7) is 0.531. The zero-order chi connectivity index (χ0) is 18.7. The topological polar surface area (TPSA) is 44.5 Å². The van der Waals surface area contributed by atoms with E-state index in [0.29, 0.717) is 0 Å². The summed E-state index contributed by atoms with van der Waals surface area (Å²) in [4.78, 5) is 0. The minimum atomic E-state index is -5.90. The van der Waals surface area contributed by atoms with Crippen molar-refractivity contribution in [2.24, 2.45) is 5.73 Å². The zero-order valence-corrected chi connectivity index (χ0v) is 10.9. The summed E-state index contributed by atoms with van der Waals surface area (Å²) in [6, 6.07) is -3.32. The number of halogens is 10. The average molecular weight is 365 g/mol. The highest BCUT2D eigenvalue weighted by Gasteiger charge is 2.69. The second-order valence-electron chi connectivity index (χ2n) is 3.90. The van der Waals surface area contributed by atoms with Gasteiger partial charge in [-0.25, -0.2) is 4.39 Å². The molecule has 0 spiro atoms. The summed E-state index contributed by atoms with van der Waals surface area (Å²) < 4.78 is 133. The van der Waals surface area contributed by atoms with Crippen molar-refractivity contribution in [2.75, 3.05) is 6.54 Å². The van der Waals surface area contributed by atoms with Crippen molar-refractivity contribution >= 4 is 0 Å². The number of alkyl halides is 7. The van der Waals surface area contributed by atoms with Gasteiger partial charge in [0.1, 0.15) is 0 Å². The number of nitrogens with two attached hydrogens (primary N) is 1. The first-order chi connectivity index (χ1) is 10.2. The van der Waals surface area contributed by atoms with Crippen molar-refractivity contribution < 1.29 is 53.4 Å². The summed E-state index contributed by atoms with van der Waals surface area (Å²) >= 11 is 0. The number of hydrogen-bond acceptors (Lipinski definition) is 3. The molecule has 0 fully saturated rings. The van der Waals surface area contributed by atoms with Crippen molar-refractivity contribution in [3.63, 3.8) is 0 Å². The van der Waals surface area contributed by atoms with Gasteiger partial charge in [0.25, 0.3) is 0 Å². The molecule has 0 aliphatic heterocycles. The molecule has 13 heteroatoms. The second-order valence-corrected chi connectivity index (χ2v) is 3.90. The van der Waals surface area contributed by atoms with Crippen LogP contribution >= 0.6 is 0 Å². The van der Waals surface area contributed by atoms with Crippen LogP contribution in [0.25, 0.3) is 0 Å². The van der Waals surface area contributed by atoms with Crippen LogP contribution in [0.15, 0.2) is 24.7 Å². The van der Waals surface area contributed by atoms with Crippen LogP contribution in [0.2, 0.25) is 0 Å². The predicted molar refractivity (Wildman–Crippen MR) is 55.1 cm³/mol. The summed E-state index contributed by atoms with van der Waals surface area (Å²) in [7, 11) is 0. The van der Waals surface area contributed by atoms with E-state index in [2.05, 4.69) is 21.8 Å². The zero-order valence-electron chi connectivity index (χ0n) is 10.9. The minimum Gasteiger partial charge on any atom is -0.398 e. The molecular weight excluding hydrogens is 356 g/mol. The van der Waals surface area contributed by atoms with Crippen LogP contribution in [0.4, 0.5) is 43.9 Å². The molecule has 1 atom stereocenters. The highest BCUT2D eigenvalue weighted by atomic mass is 19.3. The molecular formula is C10H9F10NO2. The smallest absolute Gasteiger partial charge is 0.398 e. The first-order valence-corrected chi connectivity index (χ1v) is 5.39. The van der Waals surface area contributed by atoms with Crippen molar-refractivity contribution in [3.05, 3.63) is 24.7 Å². The molecule has 0 aromatic rings. The Balaban J connectivity index is 5.74. The van der Waals surface area contributed by atoms with Crippen molar-refractivity contribution in [3.8, 4) is 0 Å². The molecule has 0 aliphatic carbocycles. The Labute approximate surface area is 122 Å². The van der Waals surface area contributed by atoms with E-state index in [0.717, 1.165) is 0 Å². The van der Waals surface area contributed by atoms with E-state index in [1.807, 2.05) is 0 Å². The number of hydrogen-bond donors (Lipinski definition) is 1. The highest BCUT2D eigenvalue weighted by Crippen LogP contribution is 2.47. The molecule has 0 saturated carbocycles. The van der Waals surface area contributed by atoms with E-state index < -0.39 is 49.1 Å². The summed E-state index contributed by atoms with van der Waals surface area (Å²) in [5.74, 6) is -10.5. The molecule has 0 rings (SSSR count). The fourth-order valence-corrected chi connectivity index (χ4v) is 1.03. The Hall–Kier alpha value is -1.50. The third-order valence-corrected chi connectivity index (χ3v) is 2.18. The molecule has 0 amide bonds. The molecule has 0 bridgehead atoms. The van der Waals surface area contributed by atoms with Gasteiger partial charge in [0, 0.05) is 6.42 Å². The fourth-order valence-electron chi connectivity index (χ4n) is 1.03. The third kappa shape index (κ3) is 4.73. The lowest BCUT2D eigenvalue weighted by atomic mass is 10.2. The molecule has 136 valence electrons. The van der Waals surface area contributed by atoms with Crippen LogP contribution in [0, 0.1) is 0 Å².